The molecule has 0 heterocycles. The third-order valence-corrected chi connectivity index (χ3v) is 12.1. The second-order valence-electron chi connectivity index (χ2n) is 13.8. The smallest absolute Gasteiger partial charge is 0 e. The van der Waals surface area contributed by atoms with E-state index in [-0.39, 0.29) is 79.1 Å². The zero-order valence-corrected chi connectivity index (χ0v) is 32.8. The van der Waals surface area contributed by atoms with Crippen LogP contribution in [-0.4, -0.2) is 110 Å². The molecule has 4 radical (unpaired) electrons. The van der Waals surface area contributed by atoms with E-state index in [2.05, 4.69) is 0 Å². The monoisotopic (exact) mass is 674 g/mol. The fraction of sp³-hybridized carbons (Fsp3) is 1.00. The van der Waals surface area contributed by atoms with Crippen molar-refractivity contribution in [3.8, 4) is 0 Å². The van der Waals surface area contributed by atoms with E-state index in [1.807, 2.05) is 125 Å². The topological polar surface area (TPSA) is 55.4 Å². The maximum Gasteiger partial charge on any atom is 0 e. The standard InChI is InChI=1S/2C12H27GeO3.Sr/c2*1-10(2,3)14-13(15-11(4,5)6)16-12(7,8)9;/h2*1-9H3;. The molecule has 9 heteroatoms. The van der Waals surface area contributed by atoms with Crippen molar-refractivity contribution < 1.29 is 22.6 Å². The Morgan fingerprint density at radius 1 is 0.273 bits per heavy atom. The van der Waals surface area contributed by atoms with E-state index < -0.39 is 30.7 Å². The Morgan fingerprint density at radius 3 is 0.424 bits per heavy atom. The van der Waals surface area contributed by atoms with Gasteiger partial charge in [-0.15, -0.1) is 0 Å². The van der Waals surface area contributed by atoms with Crippen LogP contribution in [0.3, 0.4) is 0 Å². The van der Waals surface area contributed by atoms with Crippen LogP contribution in [0.4, 0.5) is 0 Å². The molecular formula is C24H54Ge2O6Sr. The molecule has 0 bridgehead atoms. The first-order valence-electron chi connectivity index (χ1n) is 11.4. The van der Waals surface area contributed by atoms with Crippen LogP contribution in [0.5, 0.6) is 0 Å². The summed E-state index contributed by atoms with van der Waals surface area (Å²) in [4.78, 5) is 0. The van der Waals surface area contributed by atoms with Crippen LogP contribution in [0.25, 0.3) is 0 Å². The SMILES string of the molecule is CC(C)(C)[O][Ge]([O]C(C)(C)C)[O]C(C)(C)C.CC(C)(C)[O][Ge]([O]C(C)(C)C)[O]C(C)(C)C.[Sr]. The predicted molar refractivity (Wildman–Crippen MR) is 142 cm³/mol. The van der Waals surface area contributed by atoms with E-state index in [9.17, 15) is 0 Å². The normalized spacial score (nSPS) is 14.2. The van der Waals surface area contributed by atoms with E-state index in [1.54, 1.807) is 0 Å². The minimum Gasteiger partial charge on any atom is 0 e. The summed E-state index contributed by atoms with van der Waals surface area (Å²) in [6.45, 7) is 36.5. The summed E-state index contributed by atoms with van der Waals surface area (Å²) < 4.78 is 35.5. The molecule has 0 spiro atoms. The van der Waals surface area contributed by atoms with Gasteiger partial charge in [-0.25, -0.2) is 0 Å². The van der Waals surface area contributed by atoms with Gasteiger partial charge in [0.25, 0.3) is 0 Å². The Bertz CT molecular complexity index is 394. The molecule has 0 saturated heterocycles. The number of hydrogen-bond donors (Lipinski definition) is 0. The van der Waals surface area contributed by atoms with Gasteiger partial charge in [0.15, 0.2) is 0 Å². The third kappa shape index (κ3) is 34.3. The largest absolute Gasteiger partial charge is 0 e. The van der Waals surface area contributed by atoms with Crippen molar-refractivity contribution >= 4 is 76.2 Å². The van der Waals surface area contributed by atoms with E-state index in [4.69, 9.17) is 22.6 Å². The molecule has 33 heavy (non-hydrogen) atoms. The van der Waals surface area contributed by atoms with Gasteiger partial charge >= 0.3 is 212 Å². The van der Waals surface area contributed by atoms with Gasteiger partial charge in [0, 0.05) is 45.5 Å². The molecular weight excluding hydrogens is 617 g/mol. The molecule has 0 aliphatic carbocycles. The molecule has 196 valence electrons. The number of rotatable bonds is 6. The minimum absolute atomic E-state index is 0. The van der Waals surface area contributed by atoms with Crippen molar-refractivity contribution in [2.24, 2.45) is 0 Å². The third-order valence-electron chi connectivity index (χ3n) is 2.34. The average molecular weight is 672 g/mol. The molecule has 0 aliphatic rings. The Hall–Kier alpha value is 2.33. The van der Waals surface area contributed by atoms with Crippen LogP contribution in [0.1, 0.15) is 125 Å². The average Bonchev–Trinajstić information content (AvgIpc) is 2.24. The summed E-state index contributed by atoms with van der Waals surface area (Å²) in [6.07, 6.45) is 0. The van der Waals surface area contributed by atoms with Crippen LogP contribution >= 0.6 is 0 Å². The van der Waals surface area contributed by atoms with Crippen molar-refractivity contribution in [3.63, 3.8) is 0 Å². The van der Waals surface area contributed by atoms with Gasteiger partial charge < -0.3 is 0 Å². The van der Waals surface area contributed by atoms with Gasteiger partial charge in [0.05, 0.1) is 0 Å². The van der Waals surface area contributed by atoms with Crippen LogP contribution < -0.4 is 0 Å². The molecule has 0 aromatic heterocycles. The van der Waals surface area contributed by atoms with Crippen molar-refractivity contribution in [1.29, 1.82) is 0 Å². The predicted octanol–water partition coefficient (Wildman–Crippen LogP) is 6.45. The van der Waals surface area contributed by atoms with Crippen molar-refractivity contribution in [2.45, 2.75) is 158 Å². The summed E-state index contributed by atoms with van der Waals surface area (Å²) in [5.41, 5.74) is -1.30. The van der Waals surface area contributed by atoms with Gasteiger partial charge in [0.2, 0.25) is 0 Å². The van der Waals surface area contributed by atoms with E-state index in [1.165, 1.54) is 0 Å². The number of hydrogen-bond acceptors (Lipinski definition) is 6. The molecule has 0 N–H and O–H groups in total. The molecule has 0 amide bonds. The van der Waals surface area contributed by atoms with Gasteiger partial charge in [-0.05, 0) is 0 Å². The van der Waals surface area contributed by atoms with Crippen molar-refractivity contribution in [1.82, 2.24) is 0 Å². The summed E-state index contributed by atoms with van der Waals surface area (Å²) in [7, 11) is 0. The van der Waals surface area contributed by atoms with E-state index in [0.717, 1.165) is 0 Å². The Balaban J connectivity index is -0.000000529. The molecule has 0 aromatic rings. The molecule has 0 saturated carbocycles. The van der Waals surface area contributed by atoms with Gasteiger partial charge in [-0.1, -0.05) is 0 Å². The second kappa shape index (κ2) is 15.1. The van der Waals surface area contributed by atoms with E-state index >= 15 is 0 Å². The Kier molecular flexibility index (Phi) is 18.2. The minimum atomic E-state index is -2.40. The fourth-order valence-electron chi connectivity index (χ4n) is 1.63. The maximum absolute atomic E-state index is 5.91. The second-order valence-corrected chi connectivity index (χ2v) is 18.5. The summed E-state index contributed by atoms with van der Waals surface area (Å²) in [5, 5.41) is 0. The first kappa shape index (κ1) is 39.8. The van der Waals surface area contributed by atoms with Crippen LogP contribution in [0, 0.1) is 0 Å². The molecule has 0 aliphatic heterocycles. The van der Waals surface area contributed by atoms with Gasteiger partial charge in [0.1, 0.15) is 0 Å². The molecule has 0 rings (SSSR count). The molecule has 0 atom stereocenters. The van der Waals surface area contributed by atoms with Gasteiger partial charge in [-0.3, -0.25) is 0 Å². The Labute approximate surface area is 254 Å². The fourth-order valence-corrected chi connectivity index (χ4v) is 8.44. The first-order chi connectivity index (χ1) is 13.6. The zero-order valence-electron chi connectivity index (χ0n) is 25.2. The molecule has 0 fully saturated rings. The summed E-state index contributed by atoms with van der Waals surface area (Å²) >= 11 is -4.81. The summed E-state index contributed by atoms with van der Waals surface area (Å²) in [5.74, 6) is 0. The van der Waals surface area contributed by atoms with Gasteiger partial charge in [-0.2, -0.15) is 0 Å². The van der Waals surface area contributed by atoms with Crippen molar-refractivity contribution in [3.05, 3.63) is 0 Å². The Morgan fingerprint density at radius 2 is 0.364 bits per heavy atom. The van der Waals surface area contributed by atoms with E-state index in [0.29, 0.717) is 0 Å². The zero-order chi connectivity index (χ0) is 26.4. The molecule has 6 nitrogen and oxygen atoms in total. The van der Waals surface area contributed by atoms with Crippen LogP contribution in [0.15, 0.2) is 0 Å². The molecule has 0 aromatic carbocycles. The maximum atomic E-state index is 5.91. The quantitative estimate of drug-likeness (QED) is 0.303. The molecule has 0 unspecified atom stereocenters. The summed E-state index contributed by atoms with van der Waals surface area (Å²) in [6, 6.07) is 0. The van der Waals surface area contributed by atoms with Crippen LogP contribution in [0.2, 0.25) is 0 Å². The van der Waals surface area contributed by atoms with Crippen molar-refractivity contribution in [2.75, 3.05) is 0 Å². The van der Waals surface area contributed by atoms with Crippen LogP contribution in [-0.2, 0) is 22.6 Å². The first-order valence-corrected chi connectivity index (χ1v) is 16.6.